The monoisotopic (exact) mass is 334 g/mol. The van der Waals surface area contributed by atoms with Crippen molar-refractivity contribution < 1.29 is 9.53 Å². The number of carbonyl (C=O) groups is 1. The highest BCUT2D eigenvalue weighted by atomic mass is 16.6. The molecule has 2 heterocycles. The number of nitrogens with one attached hydrogen (secondary N) is 1. The van der Waals surface area contributed by atoms with E-state index in [1.807, 2.05) is 63.2 Å². The Labute approximate surface area is 144 Å². The second-order valence-electron chi connectivity index (χ2n) is 6.91. The van der Waals surface area contributed by atoms with E-state index in [0.717, 1.165) is 27.8 Å². The number of ether oxygens (including phenoxy) is 1. The van der Waals surface area contributed by atoms with E-state index in [-0.39, 0.29) is 0 Å². The highest BCUT2D eigenvalue weighted by Gasteiger charge is 2.20. The fraction of sp³-hybridized carbons (Fsp3) is 0.211. The molecule has 0 spiro atoms. The number of carbonyl (C=O) groups excluding carboxylic acids is 1. The third-order valence-electron chi connectivity index (χ3n) is 3.80. The molecular formula is C19H18N4O2. The van der Waals surface area contributed by atoms with Gasteiger partial charge in [0.1, 0.15) is 11.4 Å². The van der Waals surface area contributed by atoms with Crippen LogP contribution in [-0.4, -0.2) is 31.4 Å². The number of hydrogen-bond acceptors (Lipinski definition) is 4. The molecular weight excluding hydrogens is 316 g/mol. The third kappa shape index (κ3) is 2.87. The molecule has 0 saturated heterocycles. The molecule has 0 aliphatic heterocycles. The highest BCUT2D eigenvalue weighted by Crippen LogP contribution is 2.25. The molecule has 1 N–H and O–H groups in total. The zero-order valence-corrected chi connectivity index (χ0v) is 14.3. The molecule has 6 heteroatoms. The first-order valence-electron chi connectivity index (χ1n) is 8.07. The number of para-hydroxylation sites is 2. The molecule has 2 aromatic heterocycles. The molecule has 0 fully saturated rings. The molecule has 0 amide bonds. The fourth-order valence-electron chi connectivity index (χ4n) is 2.72. The maximum Gasteiger partial charge on any atom is 0.435 e. The molecule has 25 heavy (non-hydrogen) atoms. The van der Waals surface area contributed by atoms with E-state index in [4.69, 9.17) is 4.74 Å². The van der Waals surface area contributed by atoms with Crippen LogP contribution in [0.1, 0.15) is 20.8 Å². The summed E-state index contributed by atoms with van der Waals surface area (Å²) in [5.74, 6) is 0.785. The van der Waals surface area contributed by atoms with Crippen LogP contribution >= 0.6 is 0 Å². The summed E-state index contributed by atoms with van der Waals surface area (Å²) in [5.41, 5.74) is 2.98. The van der Waals surface area contributed by atoms with Crippen LogP contribution in [0, 0.1) is 0 Å². The Morgan fingerprint density at radius 3 is 2.72 bits per heavy atom. The minimum absolute atomic E-state index is 0.487. The molecule has 4 rings (SSSR count). The van der Waals surface area contributed by atoms with Crippen molar-refractivity contribution in [2.75, 3.05) is 0 Å². The Kier molecular flexibility index (Phi) is 3.35. The molecule has 0 unspecified atom stereocenters. The van der Waals surface area contributed by atoms with E-state index < -0.39 is 11.7 Å². The minimum atomic E-state index is -0.566. The van der Waals surface area contributed by atoms with Crippen LogP contribution in [0.4, 0.5) is 4.79 Å². The van der Waals surface area contributed by atoms with Crippen molar-refractivity contribution in [3.63, 3.8) is 0 Å². The largest absolute Gasteiger partial charge is 0.442 e. The van der Waals surface area contributed by atoms with E-state index in [9.17, 15) is 4.79 Å². The SMILES string of the molecule is CC(C)(C)OC(=O)n1ncc2cc(-c3nc4ccccc4[nH]3)ccc21. The fourth-order valence-corrected chi connectivity index (χ4v) is 2.72. The molecule has 4 aromatic rings. The number of fused-ring (bicyclic) bond motifs is 2. The Hall–Kier alpha value is -3.15. The predicted molar refractivity (Wildman–Crippen MR) is 96.5 cm³/mol. The van der Waals surface area contributed by atoms with Gasteiger partial charge in [0, 0.05) is 10.9 Å². The summed E-state index contributed by atoms with van der Waals surface area (Å²) >= 11 is 0. The molecule has 0 aliphatic carbocycles. The molecule has 0 atom stereocenters. The maximum absolute atomic E-state index is 12.3. The van der Waals surface area contributed by atoms with Crippen LogP contribution in [0.15, 0.2) is 48.7 Å². The molecule has 6 nitrogen and oxygen atoms in total. The Morgan fingerprint density at radius 1 is 1.16 bits per heavy atom. The third-order valence-corrected chi connectivity index (χ3v) is 3.80. The molecule has 0 radical (unpaired) electrons. The lowest BCUT2D eigenvalue weighted by Crippen LogP contribution is -2.27. The van der Waals surface area contributed by atoms with Crippen LogP contribution in [-0.2, 0) is 4.74 Å². The lowest BCUT2D eigenvalue weighted by atomic mass is 10.1. The van der Waals surface area contributed by atoms with Gasteiger partial charge < -0.3 is 9.72 Å². The van der Waals surface area contributed by atoms with Crippen LogP contribution in [0.2, 0.25) is 0 Å². The molecule has 0 saturated carbocycles. The van der Waals surface area contributed by atoms with Gasteiger partial charge in [0.2, 0.25) is 0 Å². The predicted octanol–water partition coefficient (Wildman–Crippen LogP) is 4.36. The second kappa shape index (κ2) is 5.44. The van der Waals surface area contributed by atoms with Gasteiger partial charge in [0.25, 0.3) is 0 Å². The highest BCUT2D eigenvalue weighted by molar-refractivity contribution is 5.90. The first kappa shape index (κ1) is 15.4. The lowest BCUT2D eigenvalue weighted by Gasteiger charge is -2.19. The Morgan fingerprint density at radius 2 is 1.96 bits per heavy atom. The van der Waals surface area contributed by atoms with Crippen molar-refractivity contribution in [3.05, 3.63) is 48.7 Å². The van der Waals surface area contributed by atoms with E-state index in [2.05, 4.69) is 15.1 Å². The van der Waals surface area contributed by atoms with E-state index in [1.54, 1.807) is 6.20 Å². The molecule has 0 bridgehead atoms. The number of imidazole rings is 1. The van der Waals surface area contributed by atoms with Gasteiger partial charge in [-0.1, -0.05) is 12.1 Å². The van der Waals surface area contributed by atoms with E-state index >= 15 is 0 Å². The average Bonchev–Trinajstić information content (AvgIpc) is 3.16. The van der Waals surface area contributed by atoms with E-state index in [1.165, 1.54) is 4.68 Å². The van der Waals surface area contributed by atoms with Gasteiger partial charge in [-0.2, -0.15) is 9.78 Å². The number of aromatic nitrogens is 4. The Bertz CT molecular complexity index is 1050. The van der Waals surface area contributed by atoms with Gasteiger partial charge in [0.05, 0.1) is 22.7 Å². The zero-order chi connectivity index (χ0) is 17.6. The number of H-pyrrole nitrogens is 1. The number of benzene rings is 2. The van der Waals surface area contributed by atoms with Gasteiger partial charge in [-0.3, -0.25) is 0 Å². The van der Waals surface area contributed by atoms with Crippen LogP contribution < -0.4 is 0 Å². The van der Waals surface area contributed by atoms with Gasteiger partial charge in [-0.05, 0) is 51.1 Å². The summed E-state index contributed by atoms with van der Waals surface area (Å²) in [6.45, 7) is 5.49. The lowest BCUT2D eigenvalue weighted by molar-refractivity contribution is 0.0523. The summed E-state index contributed by atoms with van der Waals surface area (Å²) in [6, 6.07) is 13.6. The first-order chi connectivity index (χ1) is 11.9. The van der Waals surface area contributed by atoms with Crippen molar-refractivity contribution in [1.82, 2.24) is 19.7 Å². The number of rotatable bonds is 1. The van der Waals surface area contributed by atoms with Gasteiger partial charge in [-0.25, -0.2) is 9.78 Å². The Balaban J connectivity index is 1.73. The number of nitrogens with zero attached hydrogens (tertiary/aromatic N) is 3. The van der Waals surface area contributed by atoms with Crippen molar-refractivity contribution >= 4 is 28.0 Å². The molecule has 0 aliphatic rings. The standard InChI is InChI=1S/C19H18N4O2/c1-19(2,3)25-18(24)23-16-9-8-12(10-13(16)11-20-23)17-21-14-6-4-5-7-15(14)22-17/h4-11H,1-3H3,(H,21,22). The van der Waals surface area contributed by atoms with Crippen molar-refractivity contribution in [2.24, 2.45) is 0 Å². The number of hydrogen-bond donors (Lipinski definition) is 1. The maximum atomic E-state index is 12.3. The van der Waals surface area contributed by atoms with Gasteiger partial charge >= 0.3 is 6.09 Å². The summed E-state index contributed by atoms with van der Waals surface area (Å²) in [7, 11) is 0. The van der Waals surface area contributed by atoms with E-state index in [0.29, 0.717) is 5.52 Å². The van der Waals surface area contributed by atoms with Crippen LogP contribution in [0.3, 0.4) is 0 Å². The van der Waals surface area contributed by atoms with Gasteiger partial charge in [0.15, 0.2) is 0 Å². The smallest absolute Gasteiger partial charge is 0.435 e. The minimum Gasteiger partial charge on any atom is -0.442 e. The summed E-state index contributed by atoms with van der Waals surface area (Å²) in [6.07, 6.45) is 1.17. The topological polar surface area (TPSA) is 72.8 Å². The van der Waals surface area contributed by atoms with Crippen LogP contribution in [0.5, 0.6) is 0 Å². The first-order valence-corrected chi connectivity index (χ1v) is 8.07. The molecule has 2 aromatic carbocycles. The van der Waals surface area contributed by atoms with Crippen LogP contribution in [0.25, 0.3) is 33.3 Å². The van der Waals surface area contributed by atoms with Crippen molar-refractivity contribution in [3.8, 4) is 11.4 Å². The summed E-state index contributed by atoms with van der Waals surface area (Å²) in [4.78, 5) is 20.2. The quantitative estimate of drug-likeness (QED) is 0.561. The average molecular weight is 334 g/mol. The van der Waals surface area contributed by atoms with Gasteiger partial charge in [-0.15, -0.1) is 0 Å². The second-order valence-corrected chi connectivity index (χ2v) is 6.91. The normalized spacial score (nSPS) is 12.0. The number of aromatic amines is 1. The summed E-state index contributed by atoms with van der Waals surface area (Å²) in [5, 5.41) is 5.02. The summed E-state index contributed by atoms with van der Waals surface area (Å²) < 4.78 is 6.67. The van der Waals surface area contributed by atoms with Crippen molar-refractivity contribution in [1.29, 1.82) is 0 Å². The molecule has 126 valence electrons. The van der Waals surface area contributed by atoms with Crippen molar-refractivity contribution in [2.45, 2.75) is 26.4 Å². The zero-order valence-electron chi connectivity index (χ0n) is 14.3.